The summed E-state index contributed by atoms with van der Waals surface area (Å²) in [7, 11) is 0. The van der Waals surface area contributed by atoms with Crippen LogP contribution in [0.25, 0.3) is 0 Å². The van der Waals surface area contributed by atoms with Crippen molar-refractivity contribution in [1.82, 2.24) is 10.2 Å². The summed E-state index contributed by atoms with van der Waals surface area (Å²) in [6.07, 6.45) is 6.30. The molecule has 1 fully saturated rings. The minimum absolute atomic E-state index is 0.0277. The lowest BCUT2D eigenvalue weighted by Crippen LogP contribution is -2.53. The molecular weight excluding hydrogens is 491 g/mol. The summed E-state index contributed by atoms with van der Waals surface area (Å²) in [5, 5.41) is 3.22. The molecule has 6 heteroatoms. The van der Waals surface area contributed by atoms with Gasteiger partial charge in [-0.2, -0.15) is 0 Å². The topological polar surface area (TPSA) is 58.6 Å². The van der Waals surface area contributed by atoms with Crippen LogP contribution in [0.15, 0.2) is 78.9 Å². The van der Waals surface area contributed by atoms with E-state index in [4.69, 9.17) is 4.74 Å². The summed E-state index contributed by atoms with van der Waals surface area (Å²) >= 11 is 0. The smallest absolute Gasteiger partial charge is 0.243 e. The van der Waals surface area contributed by atoms with Gasteiger partial charge in [0.2, 0.25) is 11.8 Å². The van der Waals surface area contributed by atoms with Gasteiger partial charge in [0.1, 0.15) is 17.6 Å². The standard InChI is InChI=1S/C33H39FN2O3/c1-25-18-20-29(21-19-25)39-22-10-17-32(37)36(24-27-13-8-9-16-30(27)34)31(23-26-11-4-2-5-12-26)33(38)35-28-14-6-3-7-15-28/h2,4-5,8-9,11-13,16,18-21,28,31H,3,6-7,10,14-15,17,22-24H2,1H3,(H,35,38). The first kappa shape index (κ1) is 28.3. The number of rotatable bonds is 12. The molecule has 1 unspecified atom stereocenters. The Kier molecular flexibility index (Phi) is 10.5. The molecule has 1 aliphatic rings. The number of aryl methyl sites for hydroxylation is 1. The molecule has 0 heterocycles. The zero-order valence-corrected chi connectivity index (χ0v) is 22.8. The van der Waals surface area contributed by atoms with Gasteiger partial charge in [-0.25, -0.2) is 4.39 Å². The monoisotopic (exact) mass is 530 g/mol. The van der Waals surface area contributed by atoms with E-state index >= 15 is 0 Å². The molecule has 2 amide bonds. The largest absolute Gasteiger partial charge is 0.494 e. The summed E-state index contributed by atoms with van der Waals surface area (Å²) in [5.74, 6) is 0.00561. The van der Waals surface area contributed by atoms with Crippen molar-refractivity contribution in [2.75, 3.05) is 6.61 Å². The molecule has 0 bridgehead atoms. The highest BCUT2D eigenvalue weighted by molar-refractivity contribution is 5.88. The Balaban J connectivity index is 1.52. The first-order chi connectivity index (χ1) is 19.0. The van der Waals surface area contributed by atoms with Gasteiger partial charge in [-0.1, -0.05) is 85.5 Å². The van der Waals surface area contributed by atoms with E-state index in [1.54, 1.807) is 23.1 Å². The van der Waals surface area contributed by atoms with Gasteiger partial charge in [0.05, 0.1) is 6.61 Å². The maximum Gasteiger partial charge on any atom is 0.243 e. The number of nitrogens with one attached hydrogen (secondary N) is 1. The molecule has 0 spiro atoms. The summed E-state index contributed by atoms with van der Waals surface area (Å²) < 4.78 is 20.6. The first-order valence-corrected chi connectivity index (χ1v) is 14.1. The van der Waals surface area contributed by atoms with Crippen molar-refractivity contribution in [3.05, 3.63) is 101 Å². The molecule has 1 N–H and O–H groups in total. The number of amides is 2. The summed E-state index contributed by atoms with van der Waals surface area (Å²) in [6.45, 7) is 2.42. The molecule has 0 radical (unpaired) electrons. The fourth-order valence-corrected chi connectivity index (χ4v) is 5.10. The van der Waals surface area contributed by atoms with Crippen molar-refractivity contribution in [3.63, 3.8) is 0 Å². The van der Waals surface area contributed by atoms with Gasteiger partial charge in [0.25, 0.3) is 0 Å². The molecule has 0 aromatic heterocycles. The van der Waals surface area contributed by atoms with Crippen molar-refractivity contribution in [2.24, 2.45) is 0 Å². The first-order valence-electron chi connectivity index (χ1n) is 14.1. The van der Waals surface area contributed by atoms with Crippen LogP contribution in [0, 0.1) is 12.7 Å². The molecule has 0 aliphatic heterocycles. The highest BCUT2D eigenvalue weighted by Gasteiger charge is 2.32. The highest BCUT2D eigenvalue weighted by atomic mass is 19.1. The van der Waals surface area contributed by atoms with Gasteiger partial charge >= 0.3 is 0 Å². The van der Waals surface area contributed by atoms with Gasteiger partial charge in [0, 0.05) is 31.0 Å². The maximum absolute atomic E-state index is 14.7. The Morgan fingerprint density at radius 2 is 1.64 bits per heavy atom. The predicted molar refractivity (Wildman–Crippen MR) is 152 cm³/mol. The van der Waals surface area contributed by atoms with Crippen molar-refractivity contribution in [2.45, 2.75) is 76.9 Å². The summed E-state index contributed by atoms with van der Waals surface area (Å²) in [5.41, 5.74) is 2.50. The van der Waals surface area contributed by atoms with E-state index in [-0.39, 0.29) is 36.6 Å². The Hall–Kier alpha value is -3.67. The summed E-state index contributed by atoms with van der Waals surface area (Å²) in [4.78, 5) is 29.0. The minimum atomic E-state index is -0.751. The quantitative estimate of drug-likeness (QED) is 0.276. The molecule has 1 saturated carbocycles. The van der Waals surface area contributed by atoms with E-state index in [0.717, 1.165) is 42.6 Å². The van der Waals surface area contributed by atoms with Crippen LogP contribution < -0.4 is 10.1 Å². The number of ether oxygens (including phenoxy) is 1. The van der Waals surface area contributed by atoms with Crippen molar-refractivity contribution in [3.8, 4) is 5.75 Å². The Morgan fingerprint density at radius 1 is 0.949 bits per heavy atom. The van der Waals surface area contributed by atoms with Crippen LogP contribution in [0.3, 0.4) is 0 Å². The third-order valence-corrected chi connectivity index (χ3v) is 7.35. The van der Waals surface area contributed by atoms with Gasteiger partial charge < -0.3 is 15.0 Å². The average Bonchev–Trinajstić information content (AvgIpc) is 2.96. The molecule has 3 aromatic carbocycles. The Morgan fingerprint density at radius 3 is 2.36 bits per heavy atom. The van der Waals surface area contributed by atoms with Crippen LogP contribution in [-0.2, 0) is 22.6 Å². The summed E-state index contributed by atoms with van der Waals surface area (Å²) in [6, 6.07) is 23.3. The third-order valence-electron chi connectivity index (χ3n) is 7.35. The predicted octanol–water partition coefficient (Wildman–Crippen LogP) is 6.38. The fourth-order valence-electron chi connectivity index (χ4n) is 5.10. The van der Waals surface area contributed by atoms with E-state index in [2.05, 4.69) is 5.32 Å². The number of hydrogen-bond donors (Lipinski definition) is 1. The second kappa shape index (κ2) is 14.5. The van der Waals surface area contributed by atoms with Crippen LogP contribution >= 0.6 is 0 Å². The van der Waals surface area contributed by atoms with E-state index in [0.29, 0.717) is 25.0 Å². The number of carbonyl (C=O) groups excluding carboxylic acids is 2. The number of nitrogens with zero attached hydrogens (tertiary/aromatic N) is 1. The molecular formula is C33H39FN2O3. The van der Waals surface area contributed by atoms with Crippen LogP contribution in [0.4, 0.5) is 4.39 Å². The van der Waals surface area contributed by atoms with Crippen molar-refractivity contribution < 1.29 is 18.7 Å². The van der Waals surface area contributed by atoms with Gasteiger partial charge in [-0.05, 0) is 49.9 Å². The molecule has 5 nitrogen and oxygen atoms in total. The number of hydrogen-bond acceptors (Lipinski definition) is 3. The molecule has 3 aromatic rings. The van der Waals surface area contributed by atoms with E-state index in [1.165, 1.54) is 12.5 Å². The number of benzene rings is 3. The number of halogens is 1. The Labute approximate surface area is 231 Å². The normalized spacial score (nSPS) is 14.4. The maximum atomic E-state index is 14.7. The molecule has 1 atom stereocenters. The SMILES string of the molecule is Cc1ccc(OCCCC(=O)N(Cc2ccccc2F)C(Cc2ccccc2)C(=O)NC2CCCCC2)cc1. The Bertz CT molecular complexity index is 1190. The van der Waals surface area contributed by atoms with Gasteiger partial charge in [0.15, 0.2) is 0 Å². The zero-order valence-electron chi connectivity index (χ0n) is 22.8. The van der Waals surface area contributed by atoms with Gasteiger partial charge in [-0.15, -0.1) is 0 Å². The van der Waals surface area contributed by atoms with Crippen molar-refractivity contribution >= 4 is 11.8 Å². The lowest BCUT2D eigenvalue weighted by Gasteiger charge is -2.33. The number of carbonyl (C=O) groups is 2. The molecule has 206 valence electrons. The van der Waals surface area contributed by atoms with Crippen LogP contribution in [-0.4, -0.2) is 35.4 Å². The molecule has 4 rings (SSSR count). The van der Waals surface area contributed by atoms with E-state index in [9.17, 15) is 14.0 Å². The van der Waals surface area contributed by atoms with Gasteiger partial charge in [-0.3, -0.25) is 9.59 Å². The van der Waals surface area contributed by atoms with Crippen LogP contribution in [0.5, 0.6) is 5.75 Å². The molecule has 39 heavy (non-hydrogen) atoms. The lowest BCUT2D eigenvalue weighted by molar-refractivity contribution is -0.141. The fraction of sp³-hybridized carbons (Fsp3) is 0.394. The van der Waals surface area contributed by atoms with Crippen molar-refractivity contribution in [1.29, 1.82) is 0 Å². The highest BCUT2D eigenvalue weighted by Crippen LogP contribution is 2.21. The average molecular weight is 531 g/mol. The zero-order chi connectivity index (χ0) is 27.5. The minimum Gasteiger partial charge on any atom is -0.494 e. The second-order valence-corrected chi connectivity index (χ2v) is 10.4. The molecule has 1 aliphatic carbocycles. The third kappa shape index (κ3) is 8.67. The molecule has 0 saturated heterocycles. The van der Waals surface area contributed by atoms with Crippen LogP contribution in [0.1, 0.15) is 61.6 Å². The van der Waals surface area contributed by atoms with E-state index in [1.807, 2.05) is 61.5 Å². The lowest BCUT2D eigenvalue weighted by atomic mass is 9.94. The van der Waals surface area contributed by atoms with Crippen LogP contribution in [0.2, 0.25) is 0 Å². The van der Waals surface area contributed by atoms with E-state index < -0.39 is 6.04 Å². The second-order valence-electron chi connectivity index (χ2n) is 10.4.